The third-order valence-electron chi connectivity index (χ3n) is 8.74. The van der Waals surface area contributed by atoms with Crippen molar-refractivity contribution in [3.63, 3.8) is 0 Å². The zero-order valence-corrected chi connectivity index (χ0v) is 21.5. The zero-order chi connectivity index (χ0) is 23.5. The van der Waals surface area contributed by atoms with Gasteiger partial charge in [0.2, 0.25) is 0 Å². The predicted molar refractivity (Wildman–Crippen MR) is 137 cm³/mol. The van der Waals surface area contributed by atoms with Crippen molar-refractivity contribution in [2.45, 2.75) is 78.1 Å². The topological polar surface area (TPSA) is 60.2 Å². The minimum absolute atomic E-state index is 0.113. The molecule has 1 aromatic carbocycles. The molecule has 0 spiro atoms. The minimum atomic E-state index is 0.113. The molecule has 176 valence electrons. The van der Waals surface area contributed by atoms with Crippen molar-refractivity contribution in [3.05, 3.63) is 56.7 Å². The Morgan fingerprint density at radius 1 is 1.27 bits per heavy atom. The lowest BCUT2D eigenvalue weighted by atomic mass is 9.49. The number of rotatable bonds is 4. The molecule has 5 rings (SSSR count). The molecular weight excluding hydrogens is 426 g/mol. The molecule has 0 amide bonds. The van der Waals surface area contributed by atoms with Gasteiger partial charge in [0.25, 0.3) is 0 Å². The van der Waals surface area contributed by atoms with E-state index in [1.54, 1.807) is 11.1 Å². The van der Waals surface area contributed by atoms with E-state index < -0.39 is 0 Å². The van der Waals surface area contributed by atoms with Gasteiger partial charge in [-0.05, 0) is 72.0 Å². The fourth-order valence-electron chi connectivity index (χ4n) is 7.09. The molecule has 4 nitrogen and oxygen atoms in total. The molecule has 1 fully saturated rings. The normalized spacial score (nSPS) is 29.6. The number of benzene rings is 1. The summed E-state index contributed by atoms with van der Waals surface area (Å²) >= 11 is 1.52. The van der Waals surface area contributed by atoms with Crippen LogP contribution in [0.4, 0.5) is 0 Å². The number of aliphatic hydroxyl groups excluding tert-OH is 1. The summed E-state index contributed by atoms with van der Waals surface area (Å²) in [5.41, 5.74) is 6.43. The van der Waals surface area contributed by atoms with Crippen molar-refractivity contribution >= 4 is 22.7 Å². The van der Waals surface area contributed by atoms with Gasteiger partial charge in [-0.25, -0.2) is 4.98 Å². The molecule has 1 aromatic heterocycles. The van der Waals surface area contributed by atoms with Crippen molar-refractivity contribution in [3.8, 4) is 0 Å². The first-order chi connectivity index (χ1) is 15.6. The Hall–Kier alpha value is -2.14. The molecule has 0 radical (unpaired) electrons. The van der Waals surface area contributed by atoms with Crippen LogP contribution in [-0.4, -0.2) is 33.9 Å². The minimum Gasteiger partial charge on any atom is -0.510 e. The van der Waals surface area contributed by atoms with Crippen LogP contribution in [0.5, 0.6) is 0 Å². The van der Waals surface area contributed by atoms with E-state index in [4.69, 9.17) is 5.41 Å². The van der Waals surface area contributed by atoms with Gasteiger partial charge < -0.3 is 10.0 Å². The van der Waals surface area contributed by atoms with E-state index in [-0.39, 0.29) is 10.8 Å². The van der Waals surface area contributed by atoms with Gasteiger partial charge in [0, 0.05) is 17.6 Å². The first kappa shape index (κ1) is 22.6. The van der Waals surface area contributed by atoms with E-state index in [0.29, 0.717) is 35.5 Å². The first-order valence-corrected chi connectivity index (χ1v) is 13.3. The van der Waals surface area contributed by atoms with E-state index in [0.717, 1.165) is 23.7 Å². The molecule has 2 N–H and O–H groups in total. The highest BCUT2D eigenvalue weighted by Gasteiger charge is 2.52. The quantitative estimate of drug-likeness (QED) is 0.521. The summed E-state index contributed by atoms with van der Waals surface area (Å²) in [5, 5.41) is 22.4. The van der Waals surface area contributed by atoms with Gasteiger partial charge in [-0.1, -0.05) is 52.3 Å². The summed E-state index contributed by atoms with van der Waals surface area (Å²) in [5.74, 6) is 1.88. The largest absolute Gasteiger partial charge is 0.510 e. The number of aryl methyl sites for hydroxylation is 2. The summed E-state index contributed by atoms with van der Waals surface area (Å²) in [6.45, 7) is 12.7. The lowest BCUT2D eigenvalue weighted by Crippen LogP contribution is -2.53. The number of nitrogens with zero attached hydrogens (tertiary/aromatic N) is 2. The third-order valence-corrected chi connectivity index (χ3v) is 9.71. The number of thiazole rings is 1. The molecule has 0 bridgehead atoms. The van der Waals surface area contributed by atoms with Crippen LogP contribution in [0.3, 0.4) is 0 Å². The summed E-state index contributed by atoms with van der Waals surface area (Å²) in [7, 11) is 0. The molecule has 33 heavy (non-hydrogen) atoms. The second kappa shape index (κ2) is 7.97. The average Bonchev–Trinajstić information content (AvgIpc) is 3.29. The lowest BCUT2D eigenvalue weighted by molar-refractivity contribution is 0.0108. The van der Waals surface area contributed by atoms with Crippen LogP contribution in [0.1, 0.15) is 86.7 Å². The smallest absolute Gasteiger partial charge is 0.135 e. The Balaban J connectivity index is 1.42. The Morgan fingerprint density at radius 2 is 2.06 bits per heavy atom. The van der Waals surface area contributed by atoms with E-state index in [1.807, 2.05) is 12.3 Å². The number of nitrogens with one attached hydrogen (secondary N) is 1. The lowest BCUT2D eigenvalue weighted by Gasteiger charge is -2.56. The van der Waals surface area contributed by atoms with Gasteiger partial charge in [0.15, 0.2) is 0 Å². The Bertz CT molecular complexity index is 1130. The number of amidine groups is 1. The van der Waals surface area contributed by atoms with Crippen LogP contribution >= 0.6 is 11.3 Å². The SMILES string of the molecule is Cc1csc(C2=C(O)CN(C[C@@]3(C)CCC[C@@]4(C)c5ccc(C(C)C)cc5CC[C@H]34)C2=N)n1. The van der Waals surface area contributed by atoms with Gasteiger partial charge in [0.1, 0.15) is 16.6 Å². The van der Waals surface area contributed by atoms with E-state index in [1.165, 1.54) is 42.6 Å². The van der Waals surface area contributed by atoms with E-state index in [9.17, 15) is 5.11 Å². The second-order valence-electron chi connectivity index (χ2n) is 11.4. The molecule has 2 heterocycles. The maximum atomic E-state index is 10.8. The number of aliphatic hydroxyl groups is 1. The maximum Gasteiger partial charge on any atom is 0.135 e. The Labute approximate surface area is 202 Å². The monoisotopic (exact) mass is 463 g/mol. The van der Waals surface area contributed by atoms with Gasteiger partial charge in [-0.2, -0.15) is 0 Å². The molecule has 1 saturated carbocycles. The average molecular weight is 464 g/mol. The molecule has 2 aromatic rings. The van der Waals surface area contributed by atoms with Crippen LogP contribution in [0, 0.1) is 23.7 Å². The molecular formula is C28H37N3OS. The van der Waals surface area contributed by atoms with Crippen LogP contribution in [0.25, 0.3) is 5.57 Å². The summed E-state index contributed by atoms with van der Waals surface area (Å²) in [6, 6.07) is 7.24. The molecule has 0 unspecified atom stereocenters. The zero-order valence-electron chi connectivity index (χ0n) is 20.7. The first-order valence-electron chi connectivity index (χ1n) is 12.4. The van der Waals surface area contributed by atoms with Gasteiger partial charge in [-0.3, -0.25) is 5.41 Å². The Morgan fingerprint density at radius 3 is 2.76 bits per heavy atom. The number of fused-ring (bicyclic) bond motifs is 3. The number of hydrogen-bond acceptors (Lipinski definition) is 4. The Kier molecular flexibility index (Phi) is 5.47. The van der Waals surface area contributed by atoms with Crippen LogP contribution in [0.2, 0.25) is 0 Å². The summed E-state index contributed by atoms with van der Waals surface area (Å²) in [4.78, 5) is 6.65. The molecule has 2 aliphatic carbocycles. The highest BCUT2D eigenvalue weighted by atomic mass is 32.1. The van der Waals surface area contributed by atoms with Crippen molar-refractivity contribution in [1.29, 1.82) is 5.41 Å². The highest BCUT2D eigenvalue weighted by Crippen LogP contribution is 2.57. The van der Waals surface area contributed by atoms with E-state index >= 15 is 0 Å². The third kappa shape index (κ3) is 3.63. The molecule has 5 heteroatoms. The van der Waals surface area contributed by atoms with Crippen molar-refractivity contribution in [2.75, 3.05) is 13.1 Å². The van der Waals surface area contributed by atoms with Crippen molar-refractivity contribution < 1.29 is 5.11 Å². The van der Waals surface area contributed by atoms with Gasteiger partial charge in [-0.15, -0.1) is 11.3 Å². The number of hydrogen-bond donors (Lipinski definition) is 2. The molecule has 1 aliphatic heterocycles. The van der Waals surface area contributed by atoms with Crippen LogP contribution in [0.15, 0.2) is 29.3 Å². The number of aromatic nitrogens is 1. The van der Waals surface area contributed by atoms with Gasteiger partial charge in [0.05, 0.1) is 12.1 Å². The summed E-state index contributed by atoms with van der Waals surface area (Å²) in [6.07, 6.45) is 6.00. The molecule has 3 atom stereocenters. The van der Waals surface area contributed by atoms with E-state index in [2.05, 4.69) is 55.8 Å². The van der Waals surface area contributed by atoms with Gasteiger partial charge >= 0.3 is 0 Å². The van der Waals surface area contributed by atoms with Crippen LogP contribution in [-0.2, 0) is 11.8 Å². The fourth-order valence-corrected chi connectivity index (χ4v) is 7.95. The fraction of sp³-hybridized carbons (Fsp3) is 0.571. The molecule has 3 aliphatic rings. The van der Waals surface area contributed by atoms with Crippen LogP contribution < -0.4 is 0 Å². The van der Waals surface area contributed by atoms with Crippen molar-refractivity contribution in [1.82, 2.24) is 9.88 Å². The standard InChI is InChI=1S/C28H37N3OS/c1-17(2)19-7-9-21-20(13-19)8-10-23-27(4,11-6-12-28(21,23)5)16-31-14-22(32)24(25(31)29)26-30-18(3)15-33-26/h7,9,13,15,17,23,29,32H,6,8,10-12,14,16H2,1-5H3/t23-,27-,28+/m1/s1. The maximum absolute atomic E-state index is 10.8. The molecule has 0 saturated heterocycles. The van der Waals surface area contributed by atoms with Crippen molar-refractivity contribution in [2.24, 2.45) is 11.3 Å². The highest BCUT2D eigenvalue weighted by molar-refractivity contribution is 7.11. The second-order valence-corrected chi connectivity index (χ2v) is 12.3. The predicted octanol–water partition coefficient (Wildman–Crippen LogP) is 6.85. The summed E-state index contributed by atoms with van der Waals surface area (Å²) < 4.78 is 0.